The fourth-order valence-corrected chi connectivity index (χ4v) is 1.85. The Hall–Kier alpha value is -2.12. The predicted octanol–water partition coefficient (Wildman–Crippen LogP) is 1.92. The van der Waals surface area contributed by atoms with Crippen LogP contribution in [0.25, 0.3) is 0 Å². The molecular weight excluding hydrogens is 284 g/mol. The molecule has 106 valence electrons. The van der Waals surface area contributed by atoms with Gasteiger partial charge in [0.1, 0.15) is 12.4 Å². The predicted molar refractivity (Wildman–Crippen MR) is 74.8 cm³/mol. The number of rotatable bonds is 6. The fourth-order valence-electron chi connectivity index (χ4n) is 1.66. The van der Waals surface area contributed by atoms with Gasteiger partial charge in [-0.2, -0.15) is 5.10 Å². The zero-order valence-electron chi connectivity index (χ0n) is 10.4. The summed E-state index contributed by atoms with van der Waals surface area (Å²) >= 11 is 5.84. The third-order valence-electron chi connectivity index (χ3n) is 2.59. The third kappa shape index (κ3) is 3.94. The molecule has 2 aromatic rings. The molecule has 0 saturated carbocycles. The van der Waals surface area contributed by atoms with Gasteiger partial charge in [-0.3, -0.25) is 14.8 Å². The number of nitro groups is 1. The smallest absolute Gasteiger partial charge is 0.306 e. The fraction of sp³-hybridized carbons (Fsp3) is 0.250. The van der Waals surface area contributed by atoms with Crippen LogP contribution in [0.4, 0.5) is 11.4 Å². The lowest BCUT2D eigenvalue weighted by atomic mass is 10.3. The zero-order valence-corrected chi connectivity index (χ0v) is 11.2. The van der Waals surface area contributed by atoms with E-state index in [4.69, 9.17) is 11.6 Å². The lowest BCUT2D eigenvalue weighted by molar-refractivity contribution is -0.385. The minimum atomic E-state index is -0.728. The van der Waals surface area contributed by atoms with E-state index in [1.165, 1.54) is 10.9 Å². The Morgan fingerprint density at radius 2 is 2.35 bits per heavy atom. The number of hydrogen-bond acceptors (Lipinski definition) is 5. The maximum absolute atomic E-state index is 10.5. The monoisotopic (exact) mass is 296 g/mol. The van der Waals surface area contributed by atoms with Gasteiger partial charge >= 0.3 is 5.69 Å². The Morgan fingerprint density at radius 1 is 1.55 bits per heavy atom. The molecule has 1 heterocycles. The molecule has 20 heavy (non-hydrogen) atoms. The largest absolute Gasteiger partial charge is 0.389 e. The molecule has 7 nitrogen and oxygen atoms in total. The number of anilines is 1. The summed E-state index contributed by atoms with van der Waals surface area (Å²) < 4.78 is 1.34. The Kier molecular flexibility index (Phi) is 4.54. The van der Waals surface area contributed by atoms with Crippen molar-refractivity contribution < 1.29 is 10.0 Å². The van der Waals surface area contributed by atoms with E-state index in [9.17, 15) is 15.2 Å². The first kappa shape index (κ1) is 14.3. The van der Waals surface area contributed by atoms with Crippen molar-refractivity contribution >= 4 is 23.0 Å². The summed E-state index contributed by atoms with van der Waals surface area (Å²) in [4.78, 5) is 9.98. The average molecular weight is 297 g/mol. The summed E-state index contributed by atoms with van der Waals surface area (Å²) in [5.41, 5.74) is 0.697. The van der Waals surface area contributed by atoms with Crippen molar-refractivity contribution in [3.05, 3.63) is 51.8 Å². The Bertz CT molecular complexity index is 602. The van der Waals surface area contributed by atoms with Crippen LogP contribution in [0, 0.1) is 10.1 Å². The third-order valence-corrected chi connectivity index (χ3v) is 2.83. The molecule has 1 unspecified atom stereocenters. The van der Waals surface area contributed by atoms with E-state index in [-0.39, 0.29) is 18.8 Å². The van der Waals surface area contributed by atoms with Gasteiger partial charge in [-0.25, -0.2) is 0 Å². The van der Waals surface area contributed by atoms with Gasteiger partial charge in [0.25, 0.3) is 0 Å². The Balaban J connectivity index is 1.85. The summed E-state index contributed by atoms with van der Waals surface area (Å²) in [6, 6.07) is 7.13. The van der Waals surface area contributed by atoms with Crippen molar-refractivity contribution in [1.82, 2.24) is 9.78 Å². The van der Waals surface area contributed by atoms with Crippen LogP contribution in [0.5, 0.6) is 0 Å². The molecule has 0 aliphatic heterocycles. The van der Waals surface area contributed by atoms with Crippen molar-refractivity contribution in [3.63, 3.8) is 0 Å². The topological polar surface area (TPSA) is 93.2 Å². The van der Waals surface area contributed by atoms with Gasteiger partial charge in [0, 0.05) is 17.3 Å². The summed E-state index contributed by atoms with van der Waals surface area (Å²) in [6.45, 7) is 0.454. The number of nitrogens with one attached hydrogen (secondary N) is 1. The average Bonchev–Trinajstić information content (AvgIpc) is 2.85. The Morgan fingerprint density at radius 3 is 3.00 bits per heavy atom. The van der Waals surface area contributed by atoms with Crippen LogP contribution in [0.15, 0.2) is 36.7 Å². The van der Waals surface area contributed by atoms with Crippen molar-refractivity contribution in [3.8, 4) is 0 Å². The highest BCUT2D eigenvalue weighted by molar-refractivity contribution is 6.30. The second-order valence-electron chi connectivity index (χ2n) is 4.22. The molecule has 0 radical (unpaired) electrons. The number of aromatic nitrogens is 2. The number of nitrogens with zero attached hydrogens (tertiary/aromatic N) is 3. The van der Waals surface area contributed by atoms with Gasteiger partial charge in [-0.05, 0) is 18.2 Å². The minimum Gasteiger partial charge on any atom is -0.389 e. The van der Waals surface area contributed by atoms with Crippen molar-refractivity contribution in [1.29, 1.82) is 0 Å². The van der Waals surface area contributed by atoms with Crippen molar-refractivity contribution in [2.24, 2.45) is 0 Å². The van der Waals surface area contributed by atoms with Crippen LogP contribution >= 0.6 is 11.6 Å². The maximum Gasteiger partial charge on any atom is 0.306 e. The van der Waals surface area contributed by atoms with Crippen LogP contribution in [0.3, 0.4) is 0 Å². The maximum atomic E-state index is 10.5. The molecule has 2 rings (SSSR count). The number of aliphatic hydroxyl groups is 1. The molecule has 0 fully saturated rings. The molecule has 0 aliphatic rings. The van der Waals surface area contributed by atoms with E-state index >= 15 is 0 Å². The molecule has 1 aromatic carbocycles. The van der Waals surface area contributed by atoms with Gasteiger partial charge in [0.2, 0.25) is 0 Å². The normalized spacial score (nSPS) is 12.1. The molecule has 0 amide bonds. The number of hydrogen-bond donors (Lipinski definition) is 2. The molecule has 0 saturated heterocycles. The second kappa shape index (κ2) is 6.36. The molecule has 0 bridgehead atoms. The van der Waals surface area contributed by atoms with E-state index in [2.05, 4.69) is 10.4 Å². The van der Waals surface area contributed by atoms with E-state index in [1.54, 1.807) is 18.2 Å². The summed E-state index contributed by atoms with van der Waals surface area (Å²) in [7, 11) is 0. The number of aliphatic hydroxyl groups excluding tert-OH is 1. The molecule has 0 aliphatic carbocycles. The first-order valence-corrected chi connectivity index (χ1v) is 6.27. The summed E-state index contributed by atoms with van der Waals surface area (Å²) in [6.07, 6.45) is 1.70. The van der Waals surface area contributed by atoms with Crippen LogP contribution in [0.2, 0.25) is 5.02 Å². The number of benzene rings is 1. The molecule has 2 N–H and O–H groups in total. The Labute approximate surface area is 119 Å². The van der Waals surface area contributed by atoms with Crippen molar-refractivity contribution in [2.45, 2.75) is 12.6 Å². The number of halogens is 1. The van der Waals surface area contributed by atoms with Crippen LogP contribution in [-0.4, -0.2) is 32.5 Å². The first-order valence-electron chi connectivity index (χ1n) is 5.89. The van der Waals surface area contributed by atoms with E-state index in [0.29, 0.717) is 5.02 Å². The molecule has 1 atom stereocenters. The highest BCUT2D eigenvalue weighted by Crippen LogP contribution is 2.15. The molecule has 8 heteroatoms. The first-order chi connectivity index (χ1) is 9.54. The summed E-state index contributed by atoms with van der Waals surface area (Å²) in [5.74, 6) is 0. The lowest BCUT2D eigenvalue weighted by Gasteiger charge is -2.12. The van der Waals surface area contributed by atoms with Crippen molar-refractivity contribution in [2.75, 3.05) is 11.9 Å². The molecular formula is C12H13ClN4O3. The summed E-state index contributed by atoms with van der Waals surface area (Å²) in [5, 5.41) is 27.8. The quantitative estimate of drug-likeness (QED) is 0.627. The van der Waals surface area contributed by atoms with Gasteiger partial charge in [-0.1, -0.05) is 17.7 Å². The van der Waals surface area contributed by atoms with Crippen LogP contribution in [-0.2, 0) is 6.54 Å². The highest BCUT2D eigenvalue weighted by Gasteiger charge is 2.11. The van der Waals surface area contributed by atoms with E-state index in [0.717, 1.165) is 11.9 Å². The van der Waals surface area contributed by atoms with Crippen LogP contribution in [0.1, 0.15) is 0 Å². The lowest BCUT2D eigenvalue weighted by Crippen LogP contribution is -2.25. The SMILES string of the molecule is O=[N+]([O-])c1cnn(CC(O)CNc2cccc(Cl)c2)c1. The van der Waals surface area contributed by atoms with Crippen LogP contribution < -0.4 is 5.32 Å². The molecule has 1 aromatic heterocycles. The van der Waals surface area contributed by atoms with Gasteiger partial charge in [-0.15, -0.1) is 0 Å². The van der Waals surface area contributed by atoms with Gasteiger partial charge < -0.3 is 10.4 Å². The van der Waals surface area contributed by atoms with Gasteiger partial charge in [0.05, 0.1) is 17.6 Å². The van der Waals surface area contributed by atoms with Gasteiger partial charge in [0.15, 0.2) is 0 Å². The molecule has 0 spiro atoms. The van der Waals surface area contributed by atoms with E-state index < -0.39 is 11.0 Å². The van der Waals surface area contributed by atoms with E-state index in [1.807, 2.05) is 6.07 Å². The zero-order chi connectivity index (χ0) is 14.5. The highest BCUT2D eigenvalue weighted by atomic mass is 35.5. The standard InChI is InChI=1S/C12H13ClN4O3/c13-9-2-1-3-10(4-9)14-6-12(18)8-16-7-11(5-15-16)17(19)20/h1-5,7,12,14,18H,6,8H2. The second-order valence-corrected chi connectivity index (χ2v) is 4.66. The minimum absolute atomic E-state index is 0.0972.